The lowest BCUT2D eigenvalue weighted by Gasteiger charge is -2.38. The molecule has 0 radical (unpaired) electrons. The lowest BCUT2D eigenvalue weighted by molar-refractivity contribution is -0.188. The van der Waals surface area contributed by atoms with E-state index in [-0.39, 0.29) is 27.2 Å². The van der Waals surface area contributed by atoms with Crippen LogP contribution in [0.25, 0.3) is 22.6 Å². The van der Waals surface area contributed by atoms with Crippen LogP contribution in [0.1, 0.15) is 120 Å². The van der Waals surface area contributed by atoms with Gasteiger partial charge in [0.25, 0.3) is 0 Å². The second-order valence-electron chi connectivity index (χ2n) is 18.7. The summed E-state index contributed by atoms with van der Waals surface area (Å²) in [6.45, 7) is 8.92. The number of ether oxygens (including phenoxy) is 4. The smallest absolute Gasteiger partial charge is 0.167 e. The molecule has 2 saturated carbocycles. The Kier molecular flexibility index (Phi) is 22.2. The highest BCUT2D eigenvalue weighted by Gasteiger charge is 2.32. The number of hydrogen-bond acceptors (Lipinski definition) is 15. The van der Waals surface area contributed by atoms with E-state index >= 15 is 0 Å². The molecule has 398 valence electrons. The summed E-state index contributed by atoms with van der Waals surface area (Å²) in [6.07, 6.45) is 13.9. The molecule has 4 aromatic heterocycles. The van der Waals surface area contributed by atoms with Crippen LogP contribution >= 0.6 is 0 Å². The number of aliphatic hydroxyl groups is 3. The molecule has 5 N–H and O–H groups in total. The fraction of sp³-hybridized carbons (Fsp3) is 0.509. The summed E-state index contributed by atoms with van der Waals surface area (Å²) in [5.41, 5.74) is 5.58. The third-order valence-corrected chi connectivity index (χ3v) is 13.2. The van der Waals surface area contributed by atoms with Crippen molar-refractivity contribution in [3.63, 3.8) is 0 Å². The first-order chi connectivity index (χ1) is 35.3. The van der Waals surface area contributed by atoms with Crippen LogP contribution in [0, 0.1) is 35.5 Å². The second-order valence-corrected chi connectivity index (χ2v) is 18.7. The maximum atomic E-state index is 9.79. The number of hydrogen-bond donors (Lipinski definition) is 5. The van der Waals surface area contributed by atoms with E-state index in [4.69, 9.17) is 38.2 Å². The molecule has 74 heavy (non-hydrogen) atoms. The number of imidazole rings is 2. The highest BCUT2D eigenvalue weighted by Crippen LogP contribution is 2.30. The van der Waals surface area contributed by atoms with E-state index in [1.54, 1.807) is 19.3 Å². The molecule has 5 aliphatic rings. The minimum atomic E-state index is -0.630. The van der Waals surface area contributed by atoms with Gasteiger partial charge in [-0.05, 0) is 107 Å². The third kappa shape index (κ3) is 15.5. The molecule has 3 atom stereocenters. The van der Waals surface area contributed by atoms with Gasteiger partial charge in [0, 0.05) is 104 Å². The summed E-state index contributed by atoms with van der Waals surface area (Å²) >= 11 is 0. The Morgan fingerprint density at radius 1 is 0.649 bits per heavy atom. The zero-order chi connectivity index (χ0) is 50.2. The van der Waals surface area contributed by atoms with E-state index < -0.39 is 6.10 Å². The van der Waals surface area contributed by atoms with Crippen LogP contribution < -0.4 is 10.6 Å². The highest BCUT2D eigenvalue weighted by atomic mass is 16.7. The van der Waals surface area contributed by atoms with Crippen molar-refractivity contribution in [3.8, 4) is 46.3 Å². The Balaban J connectivity index is 0.000000223. The van der Waals surface area contributed by atoms with E-state index in [1.807, 2.05) is 89.1 Å². The molecule has 17 heteroatoms. The van der Waals surface area contributed by atoms with Crippen molar-refractivity contribution in [3.05, 3.63) is 120 Å². The quantitative estimate of drug-likeness (QED) is 0.0667. The molecule has 6 aromatic rings. The molecule has 3 aliphatic heterocycles. The molecule has 0 bridgehead atoms. The SMILES string of the molecule is C.C.CO.CO.C[C@H](O)c1nccn1Cc1cc(-c2ccc(C#CC3CC(NC4COC4)C3)cc2)on1.C[C@H](OC1CCCCO1)c1nccn1Cc1cc(-c2ccc(C#CC3CC(NC4COC4)C3)cc2)on1. The minimum Gasteiger partial charge on any atom is -0.400 e. The molecule has 0 amide bonds. The summed E-state index contributed by atoms with van der Waals surface area (Å²) < 4.78 is 37.4. The monoisotopic (exact) mass is 1020 g/mol. The fourth-order valence-electron chi connectivity index (χ4n) is 9.02. The minimum absolute atomic E-state index is 0. The summed E-state index contributed by atoms with van der Waals surface area (Å²) in [4.78, 5) is 8.70. The van der Waals surface area contributed by atoms with Gasteiger partial charge < -0.3 is 63.1 Å². The van der Waals surface area contributed by atoms with Crippen LogP contribution in [0.5, 0.6) is 0 Å². The molecule has 3 saturated heterocycles. The zero-order valence-electron chi connectivity index (χ0n) is 41.7. The standard InChI is InChI=1S/C29H34N4O4.C24H26N4O3.2CH4O.2CH4/c1-20(36-28-4-2-3-13-35-28)29-30-11-12-33(29)17-25-16-27(37-32-25)23-9-7-21(8-10-23)5-6-22-14-24(15-22)31-26-18-34-19-26;1-16(29)24-25-8-9-28(24)13-21-12-23(31-27-21)19-6-4-17(5-7-19)2-3-18-10-20(11-18)26-22-14-30-15-22;2*1-2;;/h7-12,16,20,22,24,26,28,31H,2-4,13-15,17-19H2,1H3;4-9,12,16,18,20,22,26,29H,10-11,13-15H2,1H3;2*2H,1H3;2*1H4/t20-,22?,24?,28?;16-,18?,20?;;;;/m00..../s1. The van der Waals surface area contributed by atoms with Crippen molar-refractivity contribution < 1.29 is 43.3 Å². The van der Waals surface area contributed by atoms with Crippen LogP contribution in [0.4, 0.5) is 0 Å². The Bertz CT molecular complexity index is 2680. The zero-order valence-corrected chi connectivity index (χ0v) is 41.7. The molecule has 11 rings (SSSR count). The highest BCUT2D eigenvalue weighted by molar-refractivity contribution is 5.60. The topological polar surface area (TPSA) is 209 Å². The van der Waals surface area contributed by atoms with E-state index in [1.165, 1.54) is 0 Å². The van der Waals surface area contributed by atoms with Gasteiger partial charge >= 0.3 is 0 Å². The van der Waals surface area contributed by atoms with Gasteiger partial charge in [0.05, 0.1) is 51.6 Å². The summed E-state index contributed by atoms with van der Waals surface area (Å²) in [7, 11) is 2.00. The van der Waals surface area contributed by atoms with Crippen molar-refractivity contribution in [2.75, 3.05) is 47.3 Å². The van der Waals surface area contributed by atoms with Crippen molar-refractivity contribution >= 4 is 0 Å². The van der Waals surface area contributed by atoms with Gasteiger partial charge in [0.15, 0.2) is 17.8 Å². The number of aromatic nitrogens is 6. The molecule has 7 heterocycles. The molecule has 1 unspecified atom stereocenters. The first-order valence-corrected chi connectivity index (χ1v) is 25.0. The van der Waals surface area contributed by atoms with Gasteiger partial charge in [-0.3, -0.25) is 0 Å². The van der Waals surface area contributed by atoms with E-state index in [2.05, 4.69) is 54.6 Å². The predicted molar refractivity (Wildman–Crippen MR) is 282 cm³/mol. The van der Waals surface area contributed by atoms with E-state index in [0.717, 1.165) is 137 Å². The van der Waals surface area contributed by atoms with Crippen LogP contribution in [0.15, 0.2) is 94.5 Å². The van der Waals surface area contributed by atoms with Crippen molar-refractivity contribution in [2.24, 2.45) is 11.8 Å². The first-order valence-electron chi connectivity index (χ1n) is 25.0. The Morgan fingerprint density at radius 2 is 1.11 bits per heavy atom. The van der Waals surface area contributed by atoms with Crippen LogP contribution in [-0.4, -0.2) is 122 Å². The lowest BCUT2D eigenvalue weighted by atomic mass is 9.80. The Labute approximate surface area is 436 Å². The Morgan fingerprint density at radius 3 is 1.53 bits per heavy atom. The maximum Gasteiger partial charge on any atom is 0.167 e. The predicted octanol–water partition coefficient (Wildman–Crippen LogP) is 7.56. The van der Waals surface area contributed by atoms with Crippen molar-refractivity contribution in [1.29, 1.82) is 0 Å². The third-order valence-electron chi connectivity index (χ3n) is 13.2. The van der Waals surface area contributed by atoms with Gasteiger partial charge in [-0.15, -0.1) is 0 Å². The van der Waals surface area contributed by atoms with E-state index in [9.17, 15) is 5.11 Å². The number of nitrogens with zero attached hydrogens (tertiary/aromatic N) is 6. The molecule has 17 nitrogen and oxygen atoms in total. The molecular weight excluding hydrogens is 941 g/mol. The van der Waals surface area contributed by atoms with E-state index in [0.29, 0.717) is 60.7 Å². The normalized spacial score (nSPS) is 21.5. The van der Waals surface area contributed by atoms with Gasteiger partial charge in [-0.1, -0.05) is 48.8 Å². The van der Waals surface area contributed by atoms with Crippen molar-refractivity contribution in [1.82, 2.24) is 40.0 Å². The first kappa shape index (κ1) is 57.3. The number of aliphatic hydroxyl groups excluding tert-OH is 3. The van der Waals surface area contributed by atoms with Gasteiger partial charge in [-0.2, -0.15) is 0 Å². The number of rotatable bonds is 14. The van der Waals surface area contributed by atoms with Crippen LogP contribution in [0.2, 0.25) is 0 Å². The molecule has 0 spiro atoms. The summed E-state index contributed by atoms with van der Waals surface area (Å²) in [6, 6.07) is 22.4. The molecule has 2 aliphatic carbocycles. The average Bonchev–Trinajstić information content (AvgIpc) is 4.21. The molecule has 5 fully saturated rings. The number of benzene rings is 2. The molecule has 2 aromatic carbocycles. The lowest BCUT2D eigenvalue weighted by Crippen LogP contribution is -2.54. The summed E-state index contributed by atoms with van der Waals surface area (Å²) in [5.74, 6) is 17.3. The Hall–Kier alpha value is -5.96. The van der Waals surface area contributed by atoms with Gasteiger partial charge in [0.2, 0.25) is 0 Å². The summed E-state index contributed by atoms with van der Waals surface area (Å²) in [5, 5.41) is 39.5. The molecular formula is C57H76N8O9. The van der Waals surface area contributed by atoms with Crippen LogP contribution in [0.3, 0.4) is 0 Å². The van der Waals surface area contributed by atoms with Gasteiger partial charge in [-0.25, -0.2) is 9.97 Å². The second kappa shape index (κ2) is 28.6. The average molecular weight is 1020 g/mol. The number of nitrogens with one attached hydrogen (secondary N) is 2. The van der Waals surface area contributed by atoms with Crippen LogP contribution in [-0.2, 0) is 32.0 Å². The largest absolute Gasteiger partial charge is 0.400 e. The van der Waals surface area contributed by atoms with Gasteiger partial charge in [0.1, 0.15) is 35.2 Å². The fourth-order valence-corrected chi connectivity index (χ4v) is 9.02. The maximum absolute atomic E-state index is 9.79. The van der Waals surface area contributed by atoms with Crippen molar-refractivity contribution in [2.45, 2.75) is 129 Å².